The first-order valence-corrected chi connectivity index (χ1v) is 5.92. The number of carboxylic acids is 1. The van der Waals surface area contributed by atoms with E-state index in [1.54, 1.807) is 32.9 Å². The Bertz CT molecular complexity index is 463. The highest BCUT2D eigenvalue weighted by Crippen LogP contribution is 2.19. The maximum Gasteiger partial charge on any atom is 0.326 e. The molecule has 0 bridgehead atoms. The predicted molar refractivity (Wildman–Crippen MR) is 71.4 cm³/mol. The van der Waals surface area contributed by atoms with Gasteiger partial charge in [-0.15, -0.1) is 0 Å². The van der Waals surface area contributed by atoms with E-state index in [4.69, 9.17) is 10.8 Å². The van der Waals surface area contributed by atoms with E-state index in [1.807, 2.05) is 0 Å². The first-order valence-electron chi connectivity index (χ1n) is 5.92. The fraction of sp³-hybridized carbons (Fsp3) is 0.462. The Labute approximate surface area is 112 Å². The van der Waals surface area contributed by atoms with Gasteiger partial charge in [-0.3, -0.25) is 9.78 Å². The molecule has 0 radical (unpaired) electrons. The van der Waals surface area contributed by atoms with Gasteiger partial charge in [0.25, 0.3) is 0 Å². The van der Waals surface area contributed by atoms with Crippen LogP contribution in [0.1, 0.15) is 26.5 Å². The lowest BCUT2D eigenvalue weighted by Gasteiger charge is -2.27. The van der Waals surface area contributed by atoms with E-state index in [-0.39, 0.29) is 12.3 Å². The number of pyridine rings is 1. The number of carboxylic acid groups (broad SMARTS) is 1. The number of nitrogens with two attached hydrogens (primary N) is 1. The average molecular weight is 265 g/mol. The Morgan fingerprint density at radius 1 is 1.42 bits per heavy atom. The second kappa shape index (κ2) is 5.69. The minimum atomic E-state index is -1.05. The summed E-state index contributed by atoms with van der Waals surface area (Å²) in [6.07, 6.45) is 1.49. The number of nitrogens with zero attached hydrogens (tertiary/aromatic N) is 1. The first-order chi connectivity index (χ1) is 8.70. The predicted octanol–water partition coefficient (Wildman–Crippen LogP) is 0.822. The number of nitrogen functional groups attached to an aromatic ring is 1. The molecule has 0 spiro atoms. The average Bonchev–Trinajstić information content (AvgIpc) is 2.27. The van der Waals surface area contributed by atoms with Crippen molar-refractivity contribution in [2.24, 2.45) is 5.41 Å². The zero-order valence-electron chi connectivity index (χ0n) is 11.3. The minimum Gasteiger partial charge on any atom is -0.480 e. The topological polar surface area (TPSA) is 105 Å². The monoisotopic (exact) mass is 265 g/mol. The molecule has 6 heteroatoms. The van der Waals surface area contributed by atoms with Crippen LogP contribution in [0.3, 0.4) is 0 Å². The van der Waals surface area contributed by atoms with Crippen molar-refractivity contribution >= 4 is 17.6 Å². The van der Waals surface area contributed by atoms with Gasteiger partial charge in [0.1, 0.15) is 6.04 Å². The second-order valence-electron chi connectivity index (χ2n) is 5.46. The summed E-state index contributed by atoms with van der Waals surface area (Å²) in [6, 6.07) is 2.35. The number of amides is 1. The fourth-order valence-electron chi connectivity index (χ4n) is 1.57. The van der Waals surface area contributed by atoms with Crippen molar-refractivity contribution in [1.29, 1.82) is 0 Å². The van der Waals surface area contributed by atoms with E-state index in [9.17, 15) is 9.59 Å². The number of nitrogens with one attached hydrogen (secondary N) is 1. The molecule has 19 heavy (non-hydrogen) atoms. The Kier molecular flexibility index (Phi) is 4.47. The number of rotatable bonds is 4. The molecular weight excluding hydrogens is 246 g/mol. The van der Waals surface area contributed by atoms with Gasteiger partial charge in [-0.05, 0) is 17.5 Å². The van der Waals surface area contributed by atoms with Crippen molar-refractivity contribution in [2.75, 3.05) is 5.73 Å². The van der Waals surface area contributed by atoms with Gasteiger partial charge in [0.2, 0.25) is 5.91 Å². The third kappa shape index (κ3) is 4.57. The maximum atomic E-state index is 11.8. The number of hydrogen-bond acceptors (Lipinski definition) is 4. The molecule has 1 rings (SSSR count). The molecule has 0 aliphatic heterocycles. The number of hydrogen-bond donors (Lipinski definition) is 3. The Balaban J connectivity index is 2.68. The molecule has 1 aromatic rings. The number of aromatic nitrogens is 1. The third-order valence-corrected chi connectivity index (χ3v) is 2.61. The van der Waals surface area contributed by atoms with Gasteiger partial charge in [-0.25, -0.2) is 4.79 Å². The molecule has 1 amide bonds. The summed E-state index contributed by atoms with van der Waals surface area (Å²) in [4.78, 5) is 26.9. The van der Waals surface area contributed by atoms with Crippen LogP contribution >= 0.6 is 0 Å². The van der Waals surface area contributed by atoms with Crippen LogP contribution in [0.15, 0.2) is 18.3 Å². The summed E-state index contributed by atoms with van der Waals surface area (Å²) in [6.45, 7) is 5.27. The normalized spacial score (nSPS) is 12.8. The molecule has 1 aromatic heterocycles. The van der Waals surface area contributed by atoms with Crippen molar-refractivity contribution in [3.63, 3.8) is 0 Å². The van der Waals surface area contributed by atoms with Gasteiger partial charge in [0.05, 0.1) is 18.3 Å². The van der Waals surface area contributed by atoms with Crippen molar-refractivity contribution in [3.8, 4) is 0 Å². The zero-order valence-corrected chi connectivity index (χ0v) is 11.3. The van der Waals surface area contributed by atoms with E-state index in [0.29, 0.717) is 11.4 Å². The number of aliphatic carboxylic acids is 1. The minimum absolute atomic E-state index is 0.0279. The van der Waals surface area contributed by atoms with E-state index < -0.39 is 17.4 Å². The smallest absolute Gasteiger partial charge is 0.326 e. The van der Waals surface area contributed by atoms with Crippen molar-refractivity contribution in [3.05, 3.63) is 24.0 Å². The van der Waals surface area contributed by atoms with Gasteiger partial charge >= 0.3 is 5.97 Å². The third-order valence-electron chi connectivity index (χ3n) is 2.61. The Morgan fingerprint density at radius 2 is 2.05 bits per heavy atom. The van der Waals surface area contributed by atoms with Gasteiger partial charge in [-0.1, -0.05) is 20.8 Å². The van der Waals surface area contributed by atoms with Crippen LogP contribution in [0, 0.1) is 5.41 Å². The highest BCUT2D eigenvalue weighted by molar-refractivity contribution is 5.85. The molecule has 6 nitrogen and oxygen atoms in total. The fourth-order valence-corrected chi connectivity index (χ4v) is 1.57. The van der Waals surface area contributed by atoms with Gasteiger partial charge in [0.15, 0.2) is 0 Å². The van der Waals surface area contributed by atoms with Crippen molar-refractivity contribution in [2.45, 2.75) is 33.2 Å². The molecule has 1 heterocycles. The molecule has 0 fully saturated rings. The molecule has 0 aliphatic carbocycles. The summed E-state index contributed by atoms with van der Waals surface area (Å²) in [7, 11) is 0. The van der Waals surface area contributed by atoms with Crippen LogP contribution in [-0.4, -0.2) is 28.0 Å². The van der Waals surface area contributed by atoms with E-state index in [0.717, 1.165) is 0 Å². The number of carbonyl (C=O) groups excluding carboxylic acids is 1. The van der Waals surface area contributed by atoms with Gasteiger partial charge < -0.3 is 16.2 Å². The van der Waals surface area contributed by atoms with E-state index in [1.165, 1.54) is 6.20 Å². The molecule has 1 atom stereocenters. The Hall–Kier alpha value is -2.11. The van der Waals surface area contributed by atoms with Crippen molar-refractivity contribution < 1.29 is 14.7 Å². The molecule has 0 unspecified atom stereocenters. The number of anilines is 1. The molecule has 104 valence electrons. The lowest BCUT2D eigenvalue weighted by molar-refractivity contribution is -0.144. The van der Waals surface area contributed by atoms with Crippen molar-refractivity contribution in [1.82, 2.24) is 10.3 Å². The van der Waals surface area contributed by atoms with Crippen LogP contribution in [0.2, 0.25) is 0 Å². The largest absolute Gasteiger partial charge is 0.480 e. The number of carbonyl (C=O) groups is 2. The molecule has 0 saturated heterocycles. The lowest BCUT2D eigenvalue weighted by Crippen LogP contribution is -2.49. The van der Waals surface area contributed by atoms with Crippen LogP contribution in [-0.2, 0) is 16.0 Å². The summed E-state index contributed by atoms with van der Waals surface area (Å²) in [5.41, 5.74) is 6.00. The quantitative estimate of drug-likeness (QED) is 0.747. The molecule has 4 N–H and O–H groups in total. The second-order valence-corrected chi connectivity index (χ2v) is 5.46. The van der Waals surface area contributed by atoms with Crippen LogP contribution in [0.25, 0.3) is 0 Å². The molecular formula is C13H19N3O3. The summed E-state index contributed by atoms with van der Waals surface area (Å²) < 4.78 is 0. The molecule has 0 aromatic carbocycles. The van der Waals surface area contributed by atoms with E-state index in [2.05, 4.69) is 10.3 Å². The Morgan fingerprint density at radius 3 is 2.47 bits per heavy atom. The lowest BCUT2D eigenvalue weighted by atomic mass is 9.86. The highest BCUT2D eigenvalue weighted by atomic mass is 16.4. The van der Waals surface area contributed by atoms with Crippen LogP contribution < -0.4 is 11.1 Å². The highest BCUT2D eigenvalue weighted by Gasteiger charge is 2.32. The first kappa shape index (κ1) is 14.9. The van der Waals surface area contributed by atoms with Gasteiger partial charge in [0, 0.05) is 5.69 Å². The zero-order chi connectivity index (χ0) is 14.6. The molecule has 0 aliphatic rings. The van der Waals surface area contributed by atoms with Crippen LogP contribution in [0.5, 0.6) is 0 Å². The summed E-state index contributed by atoms with van der Waals surface area (Å²) >= 11 is 0. The molecule has 0 saturated carbocycles. The maximum absolute atomic E-state index is 11.8. The van der Waals surface area contributed by atoms with Gasteiger partial charge in [-0.2, -0.15) is 0 Å². The standard InChI is InChI=1S/C13H19N3O3/c1-13(2,3)11(12(18)19)16-10(17)6-9-5-4-8(14)7-15-9/h4-5,7,11H,6,14H2,1-3H3,(H,16,17)(H,18,19)/t11-/m1/s1. The summed E-state index contributed by atoms with van der Waals surface area (Å²) in [5, 5.41) is 11.6. The van der Waals surface area contributed by atoms with E-state index >= 15 is 0 Å². The summed E-state index contributed by atoms with van der Waals surface area (Å²) in [5.74, 6) is -1.43. The van der Waals surface area contributed by atoms with Crippen LogP contribution in [0.4, 0.5) is 5.69 Å². The SMILES string of the molecule is CC(C)(C)[C@H](NC(=O)Cc1ccc(N)cn1)C(=O)O.